The smallest absolute Gasteiger partial charge is 0.426 e. The van der Waals surface area contributed by atoms with Crippen molar-refractivity contribution < 1.29 is 29.0 Å². The molecule has 0 heterocycles. The van der Waals surface area contributed by atoms with Crippen LogP contribution in [0.2, 0.25) is 0 Å². The third kappa shape index (κ3) is 4.34. The highest BCUT2D eigenvalue weighted by Gasteiger charge is 2.29. The first-order valence-electron chi connectivity index (χ1n) is 8.83. The van der Waals surface area contributed by atoms with Gasteiger partial charge in [0.15, 0.2) is 0 Å². The lowest BCUT2D eigenvalue weighted by Gasteiger charge is -2.16. The Kier molecular flexibility index (Phi) is 5.77. The third-order valence-corrected chi connectivity index (χ3v) is 4.57. The fraction of sp³-hybridized carbons (Fsp3) is 0.200. The fourth-order valence-electron chi connectivity index (χ4n) is 3.18. The maximum absolute atomic E-state index is 12.0. The van der Waals surface area contributed by atoms with E-state index in [2.05, 4.69) is 10.9 Å². The molecular formula is C20H19N3O6. The molecule has 3 amide bonds. The van der Waals surface area contributed by atoms with Gasteiger partial charge in [-0.15, -0.1) is 0 Å². The molecule has 0 bridgehead atoms. The zero-order valence-electron chi connectivity index (χ0n) is 15.5. The summed E-state index contributed by atoms with van der Waals surface area (Å²) in [7, 11) is 0. The van der Waals surface area contributed by atoms with Crippen LogP contribution in [0.4, 0.5) is 4.79 Å². The van der Waals surface area contributed by atoms with Crippen LogP contribution >= 0.6 is 0 Å². The maximum Gasteiger partial charge on any atom is 0.426 e. The summed E-state index contributed by atoms with van der Waals surface area (Å²) in [5.41, 5.74) is 8.43. The van der Waals surface area contributed by atoms with Crippen molar-refractivity contribution in [1.29, 1.82) is 0 Å². The summed E-state index contributed by atoms with van der Waals surface area (Å²) in [4.78, 5) is 45.3. The Labute approximate surface area is 166 Å². The Morgan fingerprint density at radius 3 is 2.07 bits per heavy atom. The van der Waals surface area contributed by atoms with Crippen molar-refractivity contribution in [1.82, 2.24) is 16.2 Å². The number of aliphatic carboxylic acids is 1. The van der Waals surface area contributed by atoms with Crippen LogP contribution < -0.4 is 16.2 Å². The molecule has 1 atom stereocenters. The van der Waals surface area contributed by atoms with Crippen molar-refractivity contribution in [3.05, 3.63) is 59.7 Å². The lowest BCUT2D eigenvalue weighted by atomic mass is 9.98. The second-order valence-corrected chi connectivity index (χ2v) is 6.44. The van der Waals surface area contributed by atoms with Gasteiger partial charge >= 0.3 is 18.0 Å². The van der Waals surface area contributed by atoms with E-state index in [9.17, 15) is 19.2 Å². The number of hydrogen-bond acceptors (Lipinski definition) is 5. The van der Waals surface area contributed by atoms with Gasteiger partial charge < -0.3 is 15.2 Å². The molecule has 0 aromatic heterocycles. The van der Waals surface area contributed by atoms with Gasteiger partial charge in [0.05, 0.1) is 0 Å². The first-order valence-corrected chi connectivity index (χ1v) is 8.83. The Balaban J connectivity index is 1.54. The van der Waals surface area contributed by atoms with Crippen LogP contribution in [0, 0.1) is 0 Å². The number of fused-ring (bicyclic) bond motifs is 3. The number of carboxylic acids is 1. The van der Waals surface area contributed by atoms with Crippen molar-refractivity contribution in [2.45, 2.75) is 18.9 Å². The van der Waals surface area contributed by atoms with E-state index in [1.165, 1.54) is 6.92 Å². The number of ether oxygens (including phenoxy) is 1. The second kappa shape index (κ2) is 8.42. The van der Waals surface area contributed by atoms with E-state index in [1.807, 2.05) is 53.8 Å². The predicted octanol–water partition coefficient (Wildman–Crippen LogP) is 1.15. The zero-order valence-corrected chi connectivity index (χ0v) is 15.5. The monoisotopic (exact) mass is 397 g/mol. The summed E-state index contributed by atoms with van der Waals surface area (Å²) in [6.07, 6.45) is -0.878. The van der Waals surface area contributed by atoms with Crippen molar-refractivity contribution in [3.63, 3.8) is 0 Å². The Hall–Kier alpha value is -3.88. The van der Waals surface area contributed by atoms with Crippen LogP contribution in [0.15, 0.2) is 48.5 Å². The summed E-state index contributed by atoms with van der Waals surface area (Å²) < 4.78 is 5.24. The van der Waals surface area contributed by atoms with Gasteiger partial charge in [0.2, 0.25) is 0 Å². The van der Waals surface area contributed by atoms with Gasteiger partial charge in [0, 0.05) is 5.92 Å². The molecule has 0 saturated heterocycles. The number of nitrogens with one attached hydrogen (secondary N) is 3. The van der Waals surface area contributed by atoms with Crippen LogP contribution in [0.3, 0.4) is 0 Å². The highest BCUT2D eigenvalue weighted by atomic mass is 16.6. The molecule has 0 unspecified atom stereocenters. The number of rotatable bonds is 4. The summed E-state index contributed by atoms with van der Waals surface area (Å²) in [5, 5.41) is 10.5. The maximum atomic E-state index is 12.0. The SMILES string of the molecule is C[C@H](NC(=O)C(=O)O)C(=O)NNC(=O)OCC1c2ccccc2-c2ccccc21. The molecule has 2 aromatic carbocycles. The number of benzene rings is 2. The molecule has 0 spiro atoms. The summed E-state index contributed by atoms with van der Waals surface area (Å²) in [5.74, 6) is -3.96. The second-order valence-electron chi connectivity index (χ2n) is 6.44. The highest BCUT2D eigenvalue weighted by molar-refractivity contribution is 6.32. The van der Waals surface area contributed by atoms with Crippen molar-refractivity contribution in [2.75, 3.05) is 6.61 Å². The van der Waals surface area contributed by atoms with Gasteiger partial charge in [-0.1, -0.05) is 48.5 Å². The van der Waals surface area contributed by atoms with Crippen LogP contribution in [0.25, 0.3) is 11.1 Å². The summed E-state index contributed by atoms with van der Waals surface area (Å²) in [6.45, 7) is 1.34. The van der Waals surface area contributed by atoms with E-state index in [0.29, 0.717) is 0 Å². The number of hydrogen-bond donors (Lipinski definition) is 4. The first-order chi connectivity index (χ1) is 13.9. The molecule has 0 radical (unpaired) electrons. The lowest BCUT2D eigenvalue weighted by Crippen LogP contribution is -2.52. The minimum Gasteiger partial charge on any atom is -0.474 e. The van der Waals surface area contributed by atoms with Crippen LogP contribution in [-0.2, 0) is 19.1 Å². The number of carbonyl (C=O) groups is 4. The largest absolute Gasteiger partial charge is 0.474 e. The molecular weight excluding hydrogens is 378 g/mol. The third-order valence-electron chi connectivity index (χ3n) is 4.57. The molecule has 0 aliphatic heterocycles. The number of amides is 3. The average Bonchev–Trinajstić information content (AvgIpc) is 3.04. The van der Waals surface area contributed by atoms with Gasteiger partial charge in [-0.3, -0.25) is 15.0 Å². The molecule has 0 fully saturated rings. The van der Waals surface area contributed by atoms with E-state index in [-0.39, 0.29) is 12.5 Å². The van der Waals surface area contributed by atoms with Crippen molar-refractivity contribution in [3.8, 4) is 11.1 Å². The Bertz CT molecular complexity index is 929. The van der Waals surface area contributed by atoms with Crippen LogP contribution in [-0.4, -0.2) is 41.6 Å². The van der Waals surface area contributed by atoms with Crippen LogP contribution in [0.1, 0.15) is 24.0 Å². The molecule has 2 aromatic rings. The van der Waals surface area contributed by atoms with Gasteiger partial charge in [0.25, 0.3) is 5.91 Å². The van der Waals surface area contributed by atoms with Crippen molar-refractivity contribution >= 4 is 23.9 Å². The van der Waals surface area contributed by atoms with Gasteiger partial charge in [-0.05, 0) is 29.2 Å². The molecule has 9 nitrogen and oxygen atoms in total. The fourth-order valence-corrected chi connectivity index (χ4v) is 3.18. The minimum atomic E-state index is -1.71. The van der Waals surface area contributed by atoms with E-state index in [1.54, 1.807) is 0 Å². The van der Waals surface area contributed by atoms with Crippen LogP contribution in [0.5, 0.6) is 0 Å². The Morgan fingerprint density at radius 1 is 0.966 bits per heavy atom. The van der Waals surface area contributed by atoms with Gasteiger partial charge in [-0.2, -0.15) is 0 Å². The van der Waals surface area contributed by atoms with E-state index in [4.69, 9.17) is 9.84 Å². The van der Waals surface area contributed by atoms with E-state index in [0.717, 1.165) is 22.3 Å². The predicted molar refractivity (Wildman–Crippen MR) is 102 cm³/mol. The lowest BCUT2D eigenvalue weighted by molar-refractivity contribution is -0.150. The zero-order chi connectivity index (χ0) is 21.0. The number of carbonyl (C=O) groups excluding carboxylic acids is 3. The van der Waals surface area contributed by atoms with Gasteiger partial charge in [0.1, 0.15) is 12.6 Å². The molecule has 4 N–H and O–H groups in total. The molecule has 3 rings (SSSR count). The molecule has 1 aliphatic rings. The molecule has 1 aliphatic carbocycles. The van der Waals surface area contributed by atoms with E-state index >= 15 is 0 Å². The normalized spacial score (nSPS) is 12.9. The molecule has 29 heavy (non-hydrogen) atoms. The first kappa shape index (κ1) is 19.9. The Morgan fingerprint density at radius 2 is 1.52 bits per heavy atom. The van der Waals surface area contributed by atoms with E-state index < -0.39 is 29.9 Å². The molecule has 0 saturated carbocycles. The molecule has 150 valence electrons. The quantitative estimate of drug-likeness (QED) is 0.452. The summed E-state index contributed by atoms with van der Waals surface area (Å²) >= 11 is 0. The standard InChI is InChI=1S/C20H19N3O6/c1-11(21-18(25)19(26)27)17(24)22-23-20(28)29-10-16-14-8-4-2-6-12(14)13-7-3-5-9-15(13)16/h2-9,11,16H,10H2,1H3,(H,21,25)(H,22,24)(H,23,28)(H,26,27)/t11-/m0/s1. The number of carboxylic acid groups (broad SMARTS) is 1. The molecule has 9 heteroatoms. The summed E-state index contributed by atoms with van der Waals surface area (Å²) in [6, 6.07) is 14.6. The highest BCUT2D eigenvalue weighted by Crippen LogP contribution is 2.44. The number of hydrazine groups is 1. The van der Waals surface area contributed by atoms with Gasteiger partial charge in [-0.25, -0.2) is 15.0 Å². The van der Waals surface area contributed by atoms with Crippen molar-refractivity contribution in [2.24, 2.45) is 0 Å². The average molecular weight is 397 g/mol. The topological polar surface area (TPSA) is 134 Å². The minimum absolute atomic E-state index is 0.0705.